The molecule has 1 fully saturated rings. The third-order valence-electron chi connectivity index (χ3n) is 5.53. The van der Waals surface area contributed by atoms with Crippen molar-refractivity contribution in [2.75, 3.05) is 20.3 Å². The zero-order valence-corrected chi connectivity index (χ0v) is 18.6. The maximum atomic E-state index is 13.6. The van der Waals surface area contributed by atoms with Gasteiger partial charge in [-0.2, -0.15) is 13.2 Å². The summed E-state index contributed by atoms with van der Waals surface area (Å²) >= 11 is 0.999. The summed E-state index contributed by atoms with van der Waals surface area (Å²) in [5, 5.41) is 0.560. The molecule has 1 amide bonds. The Morgan fingerprint density at radius 2 is 2.12 bits per heavy atom. The van der Waals surface area contributed by atoms with Crippen LogP contribution in [0.25, 0.3) is 10.2 Å². The van der Waals surface area contributed by atoms with E-state index in [0.29, 0.717) is 41.3 Å². The molecular formula is C23H23F3N2O3S. The van der Waals surface area contributed by atoms with Gasteiger partial charge in [-0.05, 0) is 55.2 Å². The van der Waals surface area contributed by atoms with E-state index < -0.39 is 11.9 Å². The Hall–Kier alpha value is -2.65. The summed E-state index contributed by atoms with van der Waals surface area (Å²) in [4.78, 5) is 19.6. The molecule has 32 heavy (non-hydrogen) atoms. The number of rotatable bonds is 6. The lowest BCUT2D eigenvalue weighted by molar-refractivity contribution is -0.140. The minimum Gasteiger partial charge on any atom is -0.497 e. The highest BCUT2D eigenvalue weighted by atomic mass is 32.1. The maximum absolute atomic E-state index is 13.6. The summed E-state index contributed by atoms with van der Waals surface area (Å²) in [6.07, 6.45) is -2.79. The predicted octanol–water partition coefficient (Wildman–Crippen LogP) is 5.45. The molecule has 9 heteroatoms. The van der Waals surface area contributed by atoms with Crippen LogP contribution in [0.5, 0.6) is 5.75 Å². The third-order valence-corrected chi connectivity index (χ3v) is 6.72. The lowest BCUT2D eigenvalue weighted by Crippen LogP contribution is -2.36. The predicted molar refractivity (Wildman–Crippen MR) is 116 cm³/mol. The molecule has 0 radical (unpaired) electrons. The summed E-state index contributed by atoms with van der Waals surface area (Å²) in [7, 11) is 1.58. The number of nitrogens with zero attached hydrogens (tertiary/aromatic N) is 2. The van der Waals surface area contributed by atoms with Crippen molar-refractivity contribution in [3.05, 3.63) is 58.1 Å². The summed E-state index contributed by atoms with van der Waals surface area (Å²) in [5.74, 6) is 0.450. The quantitative estimate of drug-likeness (QED) is 0.487. The monoisotopic (exact) mass is 464 g/mol. The van der Waals surface area contributed by atoms with Crippen molar-refractivity contribution >= 4 is 27.5 Å². The molecule has 0 spiro atoms. The van der Waals surface area contributed by atoms with Crippen LogP contribution in [0.15, 0.2) is 36.4 Å². The largest absolute Gasteiger partial charge is 0.497 e. The fourth-order valence-electron chi connectivity index (χ4n) is 3.85. The van der Waals surface area contributed by atoms with E-state index in [9.17, 15) is 18.0 Å². The van der Waals surface area contributed by atoms with Gasteiger partial charge in [-0.1, -0.05) is 12.1 Å². The first kappa shape index (κ1) is 22.5. The van der Waals surface area contributed by atoms with Gasteiger partial charge in [-0.25, -0.2) is 4.98 Å². The van der Waals surface area contributed by atoms with Crippen LogP contribution in [0.3, 0.4) is 0 Å². The Kier molecular flexibility index (Phi) is 6.39. The molecule has 0 aliphatic carbocycles. The molecule has 170 valence electrons. The van der Waals surface area contributed by atoms with Crippen LogP contribution in [0.2, 0.25) is 0 Å². The van der Waals surface area contributed by atoms with Crippen LogP contribution in [0.1, 0.15) is 39.3 Å². The van der Waals surface area contributed by atoms with Crippen LogP contribution >= 0.6 is 11.3 Å². The van der Waals surface area contributed by atoms with Gasteiger partial charge in [-0.3, -0.25) is 4.79 Å². The van der Waals surface area contributed by atoms with E-state index in [1.807, 2.05) is 24.3 Å². The van der Waals surface area contributed by atoms with Crippen molar-refractivity contribution < 1.29 is 27.4 Å². The molecule has 1 aliphatic heterocycles. The summed E-state index contributed by atoms with van der Waals surface area (Å²) < 4.78 is 50.3. The number of amides is 1. The fraction of sp³-hybridized carbons (Fsp3) is 0.391. The second kappa shape index (κ2) is 9.07. The molecule has 5 nitrogen and oxygen atoms in total. The van der Waals surface area contributed by atoms with Gasteiger partial charge in [0.15, 0.2) is 0 Å². The van der Waals surface area contributed by atoms with Gasteiger partial charge in [0.05, 0.1) is 18.1 Å². The highest BCUT2D eigenvalue weighted by molar-refractivity contribution is 7.20. The molecule has 1 aliphatic rings. The van der Waals surface area contributed by atoms with Gasteiger partial charge >= 0.3 is 6.18 Å². The first-order chi connectivity index (χ1) is 15.3. The average molecular weight is 465 g/mol. The number of methoxy groups -OCH3 is 1. The lowest BCUT2D eigenvalue weighted by Gasteiger charge is -2.25. The van der Waals surface area contributed by atoms with E-state index in [2.05, 4.69) is 4.98 Å². The number of carbonyl (C=O) groups excluding carboxylic acids is 1. The summed E-state index contributed by atoms with van der Waals surface area (Å²) in [6.45, 7) is 3.16. The molecule has 1 atom stereocenters. The number of hydrogen-bond acceptors (Lipinski definition) is 5. The Morgan fingerprint density at radius 3 is 2.81 bits per heavy atom. The maximum Gasteiger partial charge on any atom is 0.433 e. The lowest BCUT2D eigenvalue weighted by atomic mass is 10.1. The Labute approximate surface area is 187 Å². The number of carbonyl (C=O) groups is 1. The fourth-order valence-corrected chi connectivity index (χ4v) is 5.00. The van der Waals surface area contributed by atoms with Crippen molar-refractivity contribution in [2.45, 2.75) is 38.6 Å². The van der Waals surface area contributed by atoms with Gasteiger partial charge in [-0.15, -0.1) is 11.3 Å². The number of aryl methyl sites for hydroxylation is 1. The molecule has 3 heterocycles. The average Bonchev–Trinajstić information content (AvgIpc) is 3.40. The van der Waals surface area contributed by atoms with Crippen molar-refractivity contribution in [3.63, 3.8) is 0 Å². The highest BCUT2D eigenvalue weighted by Gasteiger charge is 2.33. The highest BCUT2D eigenvalue weighted by Crippen LogP contribution is 2.35. The molecule has 0 bridgehead atoms. The topological polar surface area (TPSA) is 51.7 Å². The number of aromatic nitrogens is 1. The third kappa shape index (κ3) is 4.73. The van der Waals surface area contributed by atoms with E-state index in [-0.39, 0.29) is 16.8 Å². The van der Waals surface area contributed by atoms with Crippen molar-refractivity contribution in [3.8, 4) is 5.75 Å². The number of thiophene rings is 1. The van der Waals surface area contributed by atoms with Crippen molar-refractivity contribution in [1.29, 1.82) is 0 Å². The second-order valence-electron chi connectivity index (χ2n) is 7.78. The van der Waals surface area contributed by atoms with E-state index in [0.717, 1.165) is 35.8 Å². The standard InChI is InChI=1S/C23H23F3N2O3S/c1-14-18-8-9-19(23(24,25)26)27-21(18)32-20(14)22(29)28(13-17-7-4-10-31-17)12-15-5-3-6-16(11-15)30-2/h3,5-6,8-9,11,17H,4,7,10,12-13H2,1-2H3. The zero-order valence-electron chi connectivity index (χ0n) is 17.7. The zero-order chi connectivity index (χ0) is 22.9. The number of fused-ring (bicyclic) bond motifs is 1. The first-order valence-corrected chi connectivity index (χ1v) is 11.1. The second-order valence-corrected chi connectivity index (χ2v) is 8.77. The first-order valence-electron chi connectivity index (χ1n) is 10.3. The molecule has 1 unspecified atom stereocenters. The number of alkyl halides is 3. The smallest absolute Gasteiger partial charge is 0.433 e. The number of halogens is 3. The number of pyridine rings is 1. The molecule has 2 aromatic heterocycles. The van der Waals surface area contributed by atoms with Crippen LogP contribution in [-0.4, -0.2) is 42.2 Å². The summed E-state index contributed by atoms with van der Waals surface area (Å²) in [6, 6.07) is 9.81. The number of hydrogen-bond donors (Lipinski definition) is 0. The van der Waals surface area contributed by atoms with Crippen LogP contribution in [-0.2, 0) is 17.5 Å². The molecule has 4 rings (SSSR count). The van der Waals surface area contributed by atoms with E-state index in [1.54, 1.807) is 18.9 Å². The Bertz CT molecular complexity index is 1120. The minimum absolute atomic E-state index is 0.0609. The Morgan fingerprint density at radius 1 is 1.31 bits per heavy atom. The van der Waals surface area contributed by atoms with Crippen LogP contribution in [0, 0.1) is 6.92 Å². The molecule has 1 aromatic carbocycles. The van der Waals surface area contributed by atoms with Crippen LogP contribution < -0.4 is 4.74 Å². The molecular weight excluding hydrogens is 441 g/mol. The molecule has 0 N–H and O–H groups in total. The molecule has 1 saturated heterocycles. The molecule has 0 saturated carbocycles. The van der Waals surface area contributed by atoms with E-state index in [1.165, 1.54) is 6.07 Å². The van der Waals surface area contributed by atoms with E-state index >= 15 is 0 Å². The van der Waals surface area contributed by atoms with E-state index in [4.69, 9.17) is 9.47 Å². The normalized spacial score (nSPS) is 16.5. The van der Waals surface area contributed by atoms with Gasteiger partial charge < -0.3 is 14.4 Å². The van der Waals surface area contributed by atoms with Gasteiger partial charge in [0.1, 0.15) is 16.3 Å². The molecule has 3 aromatic rings. The van der Waals surface area contributed by atoms with Gasteiger partial charge in [0.2, 0.25) is 0 Å². The van der Waals surface area contributed by atoms with Crippen molar-refractivity contribution in [1.82, 2.24) is 9.88 Å². The Balaban J connectivity index is 1.67. The number of benzene rings is 1. The SMILES string of the molecule is COc1cccc(CN(CC2CCCO2)C(=O)c2sc3nc(C(F)(F)F)ccc3c2C)c1. The minimum atomic E-state index is -4.53. The van der Waals surface area contributed by atoms with Crippen LogP contribution in [0.4, 0.5) is 13.2 Å². The van der Waals surface area contributed by atoms with Crippen molar-refractivity contribution in [2.24, 2.45) is 0 Å². The van der Waals surface area contributed by atoms with Gasteiger partial charge in [0, 0.05) is 25.1 Å². The summed E-state index contributed by atoms with van der Waals surface area (Å²) in [5.41, 5.74) is 0.573. The number of ether oxygens (including phenoxy) is 2. The van der Waals surface area contributed by atoms with Gasteiger partial charge in [0.25, 0.3) is 5.91 Å².